The van der Waals surface area contributed by atoms with Crippen LogP contribution in [-0.2, 0) is 30.9 Å². The third-order valence-electron chi connectivity index (χ3n) is 13.9. The highest BCUT2D eigenvalue weighted by molar-refractivity contribution is 6.13. The number of halogens is 15. The summed E-state index contributed by atoms with van der Waals surface area (Å²) in [6, 6.07) is 39.7. The largest absolute Gasteiger partial charge is 0.417 e. The van der Waals surface area contributed by atoms with Crippen LogP contribution >= 0.6 is 0 Å². The van der Waals surface area contributed by atoms with Gasteiger partial charge in [0.15, 0.2) is 0 Å². The minimum Gasteiger partial charge on any atom is -0.309 e. The number of para-hydroxylation sites is 2. The number of aromatic nitrogens is 2. The van der Waals surface area contributed by atoms with Crippen molar-refractivity contribution in [3.8, 4) is 68.0 Å². The Bertz CT molecular complexity index is 4440. The second kappa shape index (κ2) is 18.6. The molecule has 2 aromatic heterocycles. The van der Waals surface area contributed by atoms with E-state index in [2.05, 4.69) is 6.07 Å². The molecule has 11 aromatic rings. The van der Waals surface area contributed by atoms with Crippen molar-refractivity contribution in [3.05, 3.63) is 215 Å². The Balaban J connectivity index is 1.20. The fourth-order valence-corrected chi connectivity index (χ4v) is 10.4. The van der Waals surface area contributed by atoms with Crippen LogP contribution < -0.4 is 0 Å². The summed E-state index contributed by atoms with van der Waals surface area (Å²) in [6.45, 7) is 0. The van der Waals surface area contributed by atoms with E-state index >= 15 is 0 Å². The van der Waals surface area contributed by atoms with E-state index in [1.807, 2.05) is 0 Å². The van der Waals surface area contributed by atoms with Crippen molar-refractivity contribution in [2.75, 3.05) is 0 Å². The summed E-state index contributed by atoms with van der Waals surface area (Å²) in [5, 5.41) is 21.5. The molecule has 0 aliphatic heterocycles. The van der Waals surface area contributed by atoms with Crippen molar-refractivity contribution in [1.29, 1.82) is 10.5 Å². The summed E-state index contributed by atoms with van der Waals surface area (Å²) in [6.07, 6.45) is -25.6. The van der Waals surface area contributed by atoms with Gasteiger partial charge in [-0.3, -0.25) is 0 Å². The highest BCUT2D eigenvalue weighted by Gasteiger charge is 2.41. The summed E-state index contributed by atoms with van der Waals surface area (Å²) < 4.78 is 218. The predicted molar refractivity (Wildman–Crippen MR) is 271 cm³/mol. The summed E-state index contributed by atoms with van der Waals surface area (Å²) in [4.78, 5) is 0. The molecule has 398 valence electrons. The maximum absolute atomic E-state index is 15.0. The first kappa shape index (κ1) is 52.6. The SMILES string of the molecule is N#Cc1ccc(-c2cc(-c3ccc(C#N)cc3C(F)(F)F)ccc2-n2c3ccccc3c3cc(-c4ccc(C(F)(F)F)cc4C(F)(F)F)ccc32)c(-n2c3ccccc3c3cc(-c4ccc(C(F)(F)F)cc4C(F)(F)F)ccc32)c1. The molecule has 0 spiro atoms. The van der Waals surface area contributed by atoms with Gasteiger partial charge < -0.3 is 9.13 Å². The van der Waals surface area contributed by atoms with Crippen molar-refractivity contribution < 1.29 is 65.9 Å². The molecule has 0 amide bonds. The zero-order valence-corrected chi connectivity index (χ0v) is 40.2. The molecule has 0 bridgehead atoms. The molecule has 0 aliphatic carbocycles. The number of hydrogen-bond donors (Lipinski definition) is 0. The van der Waals surface area contributed by atoms with Gasteiger partial charge in [0.25, 0.3) is 0 Å². The van der Waals surface area contributed by atoms with Crippen molar-refractivity contribution in [2.24, 2.45) is 0 Å². The number of benzene rings is 9. The van der Waals surface area contributed by atoms with Gasteiger partial charge in [0, 0.05) is 32.7 Å². The molecular formula is C61H29F15N4. The van der Waals surface area contributed by atoms with E-state index < -0.39 is 69.8 Å². The van der Waals surface area contributed by atoms with E-state index in [9.17, 15) is 76.4 Å². The number of fused-ring (bicyclic) bond motifs is 6. The van der Waals surface area contributed by atoms with Crippen LogP contribution in [0, 0.1) is 22.7 Å². The highest BCUT2D eigenvalue weighted by atomic mass is 19.4. The molecule has 0 aliphatic rings. The molecule has 0 saturated heterocycles. The molecule has 0 N–H and O–H groups in total. The van der Waals surface area contributed by atoms with Gasteiger partial charge >= 0.3 is 30.9 Å². The topological polar surface area (TPSA) is 57.4 Å². The molecule has 0 unspecified atom stereocenters. The summed E-state index contributed by atoms with van der Waals surface area (Å²) in [5.41, 5.74) is -6.92. The Kier molecular flexibility index (Phi) is 12.2. The van der Waals surface area contributed by atoms with Crippen LogP contribution in [0.25, 0.3) is 99.5 Å². The normalized spacial score (nSPS) is 12.7. The third kappa shape index (κ3) is 9.07. The first-order valence-corrected chi connectivity index (χ1v) is 23.7. The number of nitriles is 2. The Morgan fingerprint density at radius 2 is 0.662 bits per heavy atom. The number of alkyl halides is 15. The van der Waals surface area contributed by atoms with E-state index in [0.29, 0.717) is 61.8 Å². The monoisotopic (exact) mass is 1100 g/mol. The van der Waals surface area contributed by atoms with Crippen LogP contribution in [0.2, 0.25) is 0 Å². The van der Waals surface area contributed by atoms with E-state index in [0.717, 1.165) is 18.2 Å². The van der Waals surface area contributed by atoms with Crippen molar-refractivity contribution in [3.63, 3.8) is 0 Å². The van der Waals surface area contributed by atoms with Gasteiger partial charge in [-0.25, -0.2) is 0 Å². The fraction of sp³-hybridized carbons (Fsp3) is 0.0820. The minimum atomic E-state index is -5.22. The Hall–Kier alpha value is -9.49. The highest BCUT2D eigenvalue weighted by Crippen LogP contribution is 2.48. The number of nitrogens with zero attached hydrogens (tertiary/aromatic N) is 4. The first-order valence-electron chi connectivity index (χ1n) is 23.7. The molecular weight excluding hydrogens is 1070 g/mol. The van der Waals surface area contributed by atoms with E-state index in [1.165, 1.54) is 78.9 Å². The molecule has 4 nitrogen and oxygen atoms in total. The Labute approximate surface area is 441 Å². The molecule has 9 aromatic carbocycles. The lowest BCUT2D eigenvalue weighted by Crippen LogP contribution is -2.12. The van der Waals surface area contributed by atoms with Crippen LogP contribution in [0.15, 0.2) is 176 Å². The van der Waals surface area contributed by atoms with Crippen molar-refractivity contribution in [2.45, 2.75) is 30.9 Å². The van der Waals surface area contributed by atoms with Gasteiger partial charge in [-0.05, 0) is 130 Å². The van der Waals surface area contributed by atoms with Gasteiger partial charge in [0.2, 0.25) is 0 Å². The van der Waals surface area contributed by atoms with Crippen LogP contribution in [0.4, 0.5) is 65.9 Å². The second-order valence-electron chi connectivity index (χ2n) is 18.6. The first-order chi connectivity index (χ1) is 37.7. The zero-order valence-electron chi connectivity index (χ0n) is 40.2. The molecule has 2 heterocycles. The predicted octanol–water partition coefficient (Wildman–Crippen LogP) is 19.4. The third-order valence-corrected chi connectivity index (χ3v) is 13.9. The van der Waals surface area contributed by atoms with Gasteiger partial charge in [-0.2, -0.15) is 76.4 Å². The van der Waals surface area contributed by atoms with Gasteiger partial charge in [0.1, 0.15) is 0 Å². The average molecular weight is 1100 g/mol. The van der Waals surface area contributed by atoms with E-state index in [1.54, 1.807) is 63.7 Å². The minimum absolute atomic E-state index is 0.0233. The number of rotatable bonds is 6. The zero-order chi connectivity index (χ0) is 57.0. The second-order valence-corrected chi connectivity index (χ2v) is 18.6. The lowest BCUT2D eigenvalue weighted by molar-refractivity contribution is -0.144. The van der Waals surface area contributed by atoms with E-state index in [-0.39, 0.29) is 68.0 Å². The summed E-state index contributed by atoms with van der Waals surface area (Å²) in [5.74, 6) is 0. The Morgan fingerprint density at radius 3 is 1.11 bits per heavy atom. The fourth-order valence-electron chi connectivity index (χ4n) is 10.4. The lowest BCUT2D eigenvalue weighted by atomic mass is 9.92. The Morgan fingerprint density at radius 1 is 0.287 bits per heavy atom. The number of hydrogen-bond acceptors (Lipinski definition) is 2. The van der Waals surface area contributed by atoms with Gasteiger partial charge in [-0.1, -0.05) is 78.9 Å². The molecule has 11 rings (SSSR count). The molecule has 0 fully saturated rings. The standard InChI is InChI=1S/C61H29F15N4/c62-57(63,64)37-14-18-40(49(28-37)60(71,72)73)35-12-20-53-45(25-35)42-5-1-3-7-51(42)79(53)54-21-11-34(39-16-9-32(30-77)23-48(39)59(68,69)70)27-47(54)44-17-10-33(31-78)24-56(44)80-52-8-4-2-6-43(52)46-26-36(13-22-55(46)80)41-19-15-38(58(65,66)67)29-50(41)61(74,75)76/h1-29H. The lowest BCUT2D eigenvalue weighted by Gasteiger charge is -2.21. The maximum Gasteiger partial charge on any atom is 0.417 e. The average Bonchev–Trinajstić information content (AvgIpc) is 4.17. The summed E-state index contributed by atoms with van der Waals surface area (Å²) in [7, 11) is 0. The van der Waals surface area contributed by atoms with Gasteiger partial charge in [-0.15, -0.1) is 0 Å². The van der Waals surface area contributed by atoms with Gasteiger partial charge in [0.05, 0.1) is 84.5 Å². The molecule has 0 atom stereocenters. The van der Waals surface area contributed by atoms with Crippen molar-refractivity contribution >= 4 is 43.6 Å². The van der Waals surface area contributed by atoms with Crippen LogP contribution in [0.1, 0.15) is 38.9 Å². The van der Waals surface area contributed by atoms with Crippen LogP contribution in [0.3, 0.4) is 0 Å². The maximum atomic E-state index is 15.0. The van der Waals surface area contributed by atoms with E-state index in [4.69, 9.17) is 0 Å². The molecule has 80 heavy (non-hydrogen) atoms. The van der Waals surface area contributed by atoms with Crippen molar-refractivity contribution in [1.82, 2.24) is 9.13 Å². The molecule has 0 saturated carbocycles. The quantitative estimate of drug-likeness (QED) is 0.156. The smallest absolute Gasteiger partial charge is 0.309 e. The summed E-state index contributed by atoms with van der Waals surface area (Å²) >= 11 is 0. The molecule has 0 radical (unpaired) electrons. The molecule has 19 heteroatoms. The van der Waals surface area contributed by atoms with Crippen LogP contribution in [0.5, 0.6) is 0 Å². The van der Waals surface area contributed by atoms with Crippen LogP contribution in [-0.4, -0.2) is 9.13 Å².